The van der Waals surface area contributed by atoms with Gasteiger partial charge >= 0.3 is 0 Å². The number of benzene rings is 2. The maximum Gasteiger partial charge on any atom is 0.260 e. The summed E-state index contributed by atoms with van der Waals surface area (Å²) in [5.74, 6) is -2.07. The first-order valence-corrected chi connectivity index (χ1v) is 6.83. The minimum absolute atomic E-state index is 0.122. The first-order chi connectivity index (χ1) is 10.5. The van der Waals surface area contributed by atoms with E-state index in [2.05, 4.69) is 0 Å². The number of amides is 1. The summed E-state index contributed by atoms with van der Waals surface area (Å²) in [6.45, 7) is 2.21. The van der Waals surface area contributed by atoms with Crippen LogP contribution < -0.4 is 4.74 Å². The Labute approximate surface area is 128 Å². The summed E-state index contributed by atoms with van der Waals surface area (Å²) in [5.41, 5.74) is 2.15. The van der Waals surface area contributed by atoms with E-state index >= 15 is 0 Å². The molecule has 1 amide bonds. The molecule has 0 bridgehead atoms. The largest absolute Gasteiger partial charge is 0.484 e. The third-order valence-corrected chi connectivity index (χ3v) is 3.35. The lowest BCUT2D eigenvalue weighted by Crippen LogP contribution is -2.31. The summed E-state index contributed by atoms with van der Waals surface area (Å²) in [6, 6.07) is 11.0. The van der Waals surface area contributed by atoms with Crippen molar-refractivity contribution < 1.29 is 18.3 Å². The number of likely N-dealkylation sites (N-methyl/N-ethyl adjacent to an activating group) is 1. The van der Waals surface area contributed by atoms with Gasteiger partial charge in [0.2, 0.25) is 0 Å². The van der Waals surface area contributed by atoms with Crippen LogP contribution in [0.2, 0.25) is 0 Å². The molecule has 0 saturated carbocycles. The smallest absolute Gasteiger partial charge is 0.260 e. The van der Waals surface area contributed by atoms with Crippen molar-refractivity contribution in [1.82, 2.24) is 4.90 Å². The van der Waals surface area contributed by atoms with Crippen LogP contribution in [-0.2, 0) is 11.3 Å². The van der Waals surface area contributed by atoms with E-state index in [4.69, 9.17) is 4.74 Å². The van der Waals surface area contributed by atoms with Gasteiger partial charge in [0.1, 0.15) is 5.75 Å². The Bertz CT molecular complexity index is 673. The molecule has 116 valence electrons. The summed E-state index contributed by atoms with van der Waals surface area (Å²) >= 11 is 0. The van der Waals surface area contributed by atoms with Crippen LogP contribution in [0.15, 0.2) is 42.5 Å². The van der Waals surface area contributed by atoms with Crippen molar-refractivity contribution >= 4 is 5.91 Å². The van der Waals surface area contributed by atoms with Gasteiger partial charge in [0, 0.05) is 19.7 Å². The molecule has 22 heavy (non-hydrogen) atoms. The van der Waals surface area contributed by atoms with Crippen molar-refractivity contribution in [3.63, 3.8) is 0 Å². The van der Waals surface area contributed by atoms with Gasteiger partial charge in [0.25, 0.3) is 5.91 Å². The zero-order valence-electron chi connectivity index (χ0n) is 12.5. The molecule has 0 unspecified atom stereocenters. The van der Waals surface area contributed by atoms with E-state index in [9.17, 15) is 13.6 Å². The molecule has 2 aromatic rings. The molecule has 0 saturated heterocycles. The van der Waals surface area contributed by atoms with Gasteiger partial charge in [-0.1, -0.05) is 24.3 Å². The second kappa shape index (κ2) is 7.02. The van der Waals surface area contributed by atoms with Crippen molar-refractivity contribution in [2.24, 2.45) is 0 Å². The summed E-state index contributed by atoms with van der Waals surface area (Å²) in [4.78, 5) is 13.5. The summed E-state index contributed by atoms with van der Waals surface area (Å²) in [5, 5.41) is 0. The number of aryl methyl sites for hydroxylation is 1. The van der Waals surface area contributed by atoms with E-state index in [0.29, 0.717) is 6.54 Å². The molecule has 0 aliphatic heterocycles. The maximum absolute atomic E-state index is 13.0. The Kier molecular flexibility index (Phi) is 5.09. The first-order valence-electron chi connectivity index (χ1n) is 6.83. The fourth-order valence-corrected chi connectivity index (χ4v) is 1.95. The van der Waals surface area contributed by atoms with Crippen LogP contribution >= 0.6 is 0 Å². The Morgan fingerprint density at radius 3 is 2.55 bits per heavy atom. The lowest BCUT2D eigenvalue weighted by molar-refractivity contribution is -0.132. The zero-order chi connectivity index (χ0) is 16.1. The van der Waals surface area contributed by atoms with E-state index in [1.165, 1.54) is 11.0 Å². The monoisotopic (exact) mass is 305 g/mol. The highest BCUT2D eigenvalue weighted by molar-refractivity contribution is 5.77. The number of carbonyl (C=O) groups is 1. The molecule has 2 aromatic carbocycles. The van der Waals surface area contributed by atoms with Crippen LogP contribution in [0.1, 0.15) is 11.1 Å². The van der Waals surface area contributed by atoms with E-state index in [1.807, 2.05) is 31.2 Å². The molecule has 0 aliphatic rings. The Balaban J connectivity index is 1.91. The molecular formula is C17H17F2NO2. The van der Waals surface area contributed by atoms with E-state index < -0.39 is 11.6 Å². The highest BCUT2D eigenvalue weighted by Crippen LogP contribution is 2.15. The van der Waals surface area contributed by atoms with Gasteiger partial charge in [-0.15, -0.1) is 0 Å². The average Bonchev–Trinajstić information content (AvgIpc) is 2.50. The summed E-state index contributed by atoms with van der Waals surface area (Å²) < 4.78 is 31.0. The highest BCUT2D eigenvalue weighted by atomic mass is 19.2. The fourth-order valence-electron chi connectivity index (χ4n) is 1.95. The molecule has 0 spiro atoms. The number of halogens is 2. The molecule has 0 radical (unpaired) electrons. The second-order valence-corrected chi connectivity index (χ2v) is 5.04. The van der Waals surface area contributed by atoms with Crippen molar-refractivity contribution in [3.8, 4) is 5.75 Å². The van der Waals surface area contributed by atoms with Gasteiger partial charge in [-0.25, -0.2) is 8.78 Å². The quantitative estimate of drug-likeness (QED) is 0.848. The standard InChI is InChI=1S/C17H17F2NO2/c1-12-5-3-4-6-13(12)10-20(2)17(21)11-22-14-7-8-15(18)16(19)9-14/h3-9H,10-11H2,1-2H3. The van der Waals surface area contributed by atoms with Crippen LogP contribution in [0.25, 0.3) is 0 Å². The fraction of sp³-hybridized carbons (Fsp3) is 0.235. The lowest BCUT2D eigenvalue weighted by atomic mass is 10.1. The molecule has 3 nitrogen and oxygen atoms in total. The maximum atomic E-state index is 13.0. The third kappa shape index (κ3) is 4.04. The zero-order valence-corrected chi connectivity index (χ0v) is 12.5. The van der Waals surface area contributed by atoms with Crippen LogP contribution in [0.5, 0.6) is 5.75 Å². The van der Waals surface area contributed by atoms with Gasteiger partial charge in [-0.3, -0.25) is 4.79 Å². The normalized spacial score (nSPS) is 10.4. The van der Waals surface area contributed by atoms with Crippen molar-refractivity contribution in [2.45, 2.75) is 13.5 Å². The molecule has 0 N–H and O–H groups in total. The predicted molar refractivity (Wildman–Crippen MR) is 79.5 cm³/mol. The molecule has 0 heterocycles. The van der Waals surface area contributed by atoms with Crippen LogP contribution in [0.4, 0.5) is 8.78 Å². The Hall–Kier alpha value is -2.43. The van der Waals surface area contributed by atoms with Crippen molar-refractivity contribution in [2.75, 3.05) is 13.7 Å². The lowest BCUT2D eigenvalue weighted by Gasteiger charge is -2.18. The van der Waals surface area contributed by atoms with Crippen molar-refractivity contribution in [1.29, 1.82) is 0 Å². The summed E-state index contributed by atoms with van der Waals surface area (Å²) in [7, 11) is 1.67. The van der Waals surface area contributed by atoms with Crippen LogP contribution in [0, 0.1) is 18.6 Å². The number of carbonyl (C=O) groups excluding carboxylic acids is 1. The van der Waals surface area contributed by atoms with Crippen LogP contribution in [-0.4, -0.2) is 24.5 Å². The number of nitrogens with zero attached hydrogens (tertiary/aromatic N) is 1. The number of hydrogen-bond donors (Lipinski definition) is 0. The molecule has 0 aliphatic carbocycles. The number of rotatable bonds is 5. The molecule has 2 rings (SSSR count). The average molecular weight is 305 g/mol. The van der Waals surface area contributed by atoms with Crippen LogP contribution in [0.3, 0.4) is 0 Å². The molecule has 0 aromatic heterocycles. The van der Waals surface area contributed by atoms with Gasteiger partial charge in [-0.05, 0) is 30.2 Å². The summed E-state index contributed by atoms with van der Waals surface area (Å²) in [6.07, 6.45) is 0. The molecule has 5 heteroatoms. The Morgan fingerprint density at radius 2 is 1.86 bits per heavy atom. The highest BCUT2D eigenvalue weighted by Gasteiger charge is 2.12. The minimum atomic E-state index is -1.00. The van der Waals surface area contributed by atoms with Gasteiger partial charge in [0.15, 0.2) is 18.2 Å². The van der Waals surface area contributed by atoms with Gasteiger partial charge in [0.05, 0.1) is 0 Å². The third-order valence-electron chi connectivity index (χ3n) is 3.35. The topological polar surface area (TPSA) is 29.5 Å². The van der Waals surface area contributed by atoms with Gasteiger partial charge < -0.3 is 9.64 Å². The van der Waals surface area contributed by atoms with Crippen molar-refractivity contribution in [3.05, 3.63) is 65.2 Å². The predicted octanol–water partition coefficient (Wildman–Crippen LogP) is 3.31. The first kappa shape index (κ1) is 15.9. The van der Waals surface area contributed by atoms with E-state index in [-0.39, 0.29) is 18.3 Å². The van der Waals surface area contributed by atoms with E-state index in [1.54, 1.807) is 7.05 Å². The molecular weight excluding hydrogens is 288 g/mol. The second-order valence-electron chi connectivity index (χ2n) is 5.04. The number of ether oxygens (including phenoxy) is 1. The SMILES string of the molecule is Cc1ccccc1CN(C)C(=O)COc1ccc(F)c(F)c1. The number of hydrogen-bond acceptors (Lipinski definition) is 2. The minimum Gasteiger partial charge on any atom is -0.484 e. The Morgan fingerprint density at radius 1 is 1.14 bits per heavy atom. The molecule has 0 fully saturated rings. The van der Waals surface area contributed by atoms with E-state index in [0.717, 1.165) is 23.3 Å². The van der Waals surface area contributed by atoms with Gasteiger partial charge in [-0.2, -0.15) is 0 Å². The molecule has 0 atom stereocenters.